The van der Waals surface area contributed by atoms with Crippen LogP contribution in [0.25, 0.3) is 0 Å². The van der Waals surface area contributed by atoms with Gasteiger partial charge in [0.1, 0.15) is 11.5 Å². The van der Waals surface area contributed by atoms with E-state index in [2.05, 4.69) is 20.6 Å². The fourth-order valence-corrected chi connectivity index (χ4v) is 1.31. The van der Waals surface area contributed by atoms with Gasteiger partial charge < -0.3 is 26.8 Å². The van der Waals surface area contributed by atoms with Crippen LogP contribution in [-0.4, -0.2) is 43.3 Å². The van der Waals surface area contributed by atoms with Crippen LogP contribution in [0.2, 0.25) is 0 Å². The van der Waals surface area contributed by atoms with Crippen LogP contribution in [0.4, 0.5) is 17.3 Å². The summed E-state index contributed by atoms with van der Waals surface area (Å²) in [6.45, 7) is 9.59. The highest BCUT2D eigenvalue weighted by molar-refractivity contribution is 5.72. The second kappa shape index (κ2) is 10.3. The quantitative estimate of drug-likeness (QED) is 0.592. The van der Waals surface area contributed by atoms with Gasteiger partial charge in [-0.1, -0.05) is 13.8 Å². The smallest absolute Gasteiger partial charge is 0.154 e. The molecule has 0 aliphatic carbocycles. The maximum absolute atomic E-state index is 5.55. The molecule has 0 atom stereocenters. The number of hydrogen-bond donors (Lipinski definition) is 4. The lowest BCUT2D eigenvalue weighted by Gasteiger charge is -2.10. The van der Waals surface area contributed by atoms with E-state index in [9.17, 15) is 0 Å². The molecule has 2 rings (SSSR count). The van der Waals surface area contributed by atoms with Crippen molar-refractivity contribution in [3.05, 3.63) is 5.82 Å². The van der Waals surface area contributed by atoms with Crippen LogP contribution in [0.3, 0.4) is 0 Å². The van der Waals surface area contributed by atoms with Crippen molar-refractivity contribution >= 4 is 17.3 Å². The molecule has 0 unspecified atom stereocenters. The summed E-state index contributed by atoms with van der Waals surface area (Å²) in [7, 11) is 1.73. The van der Waals surface area contributed by atoms with Gasteiger partial charge in [0, 0.05) is 20.1 Å². The minimum Gasteiger partial charge on any atom is -0.393 e. The molecule has 19 heavy (non-hydrogen) atoms. The summed E-state index contributed by atoms with van der Waals surface area (Å²) in [6, 6.07) is 0. The van der Waals surface area contributed by atoms with Gasteiger partial charge in [-0.3, -0.25) is 0 Å². The van der Waals surface area contributed by atoms with E-state index in [-0.39, 0.29) is 0 Å². The van der Waals surface area contributed by atoms with Gasteiger partial charge >= 0.3 is 0 Å². The van der Waals surface area contributed by atoms with E-state index in [0.717, 1.165) is 26.3 Å². The number of nitrogens with zero attached hydrogens (tertiary/aromatic N) is 2. The Balaban J connectivity index is 0.000000341. The molecule has 0 spiro atoms. The number of ether oxygens (including phenoxy) is 1. The Bertz CT molecular complexity index is 343. The standard InChI is InChI=1S/C6H11N5.C4H9NO.C2H6/c1-3-10-5(8)4(7)6(9-2)11-3;1-3-6-4-2-5-1;1-2/h7H2,1-2H3,(H3,8,9,10,11);5H,1-4H2;1-2H3. The summed E-state index contributed by atoms with van der Waals surface area (Å²) in [5, 5.41) is 5.98. The number of aromatic nitrogens is 2. The number of morpholine rings is 1. The van der Waals surface area contributed by atoms with Crippen molar-refractivity contribution in [1.29, 1.82) is 0 Å². The Morgan fingerprint density at radius 3 is 2.11 bits per heavy atom. The van der Waals surface area contributed by atoms with Gasteiger partial charge in [-0.15, -0.1) is 0 Å². The van der Waals surface area contributed by atoms with Crippen molar-refractivity contribution in [3.8, 4) is 0 Å². The molecular formula is C12H26N6O. The lowest BCUT2D eigenvalue weighted by Crippen LogP contribution is -2.30. The zero-order valence-electron chi connectivity index (χ0n) is 12.3. The Labute approximate surface area is 115 Å². The van der Waals surface area contributed by atoms with Crippen LogP contribution in [0.15, 0.2) is 0 Å². The average molecular weight is 270 g/mol. The molecule has 1 fully saturated rings. The van der Waals surface area contributed by atoms with E-state index in [1.165, 1.54) is 0 Å². The van der Waals surface area contributed by atoms with Gasteiger partial charge in [0.2, 0.25) is 0 Å². The highest BCUT2D eigenvalue weighted by Crippen LogP contribution is 2.19. The third-order valence-electron chi connectivity index (χ3n) is 2.17. The number of aryl methyl sites for hydroxylation is 1. The number of nitrogens with two attached hydrogens (primary N) is 2. The van der Waals surface area contributed by atoms with Crippen molar-refractivity contribution in [2.24, 2.45) is 0 Å². The first-order valence-corrected chi connectivity index (χ1v) is 6.51. The van der Waals surface area contributed by atoms with Gasteiger partial charge in [-0.05, 0) is 6.92 Å². The molecule has 0 radical (unpaired) electrons. The third kappa shape index (κ3) is 6.78. The molecule has 0 saturated carbocycles. The molecule has 2 heterocycles. The fraction of sp³-hybridized carbons (Fsp3) is 0.667. The number of hydrogen-bond acceptors (Lipinski definition) is 7. The Morgan fingerprint density at radius 1 is 1.16 bits per heavy atom. The van der Waals surface area contributed by atoms with E-state index in [1.807, 2.05) is 13.8 Å². The number of anilines is 3. The van der Waals surface area contributed by atoms with Gasteiger partial charge in [0.25, 0.3) is 0 Å². The highest BCUT2D eigenvalue weighted by atomic mass is 16.5. The topological polar surface area (TPSA) is 111 Å². The zero-order valence-corrected chi connectivity index (χ0v) is 12.3. The fourth-order valence-electron chi connectivity index (χ4n) is 1.31. The molecule has 110 valence electrons. The highest BCUT2D eigenvalue weighted by Gasteiger charge is 2.04. The van der Waals surface area contributed by atoms with E-state index in [4.69, 9.17) is 16.2 Å². The summed E-state index contributed by atoms with van der Waals surface area (Å²) < 4.78 is 5.01. The average Bonchev–Trinajstić information content (AvgIpc) is 2.47. The van der Waals surface area contributed by atoms with Crippen LogP contribution in [-0.2, 0) is 4.74 Å². The third-order valence-corrected chi connectivity index (χ3v) is 2.17. The van der Waals surface area contributed by atoms with Crippen LogP contribution < -0.4 is 22.1 Å². The van der Waals surface area contributed by atoms with E-state index < -0.39 is 0 Å². The van der Waals surface area contributed by atoms with Crippen molar-refractivity contribution < 1.29 is 4.74 Å². The molecular weight excluding hydrogens is 244 g/mol. The van der Waals surface area contributed by atoms with Gasteiger partial charge in [0.15, 0.2) is 11.6 Å². The van der Waals surface area contributed by atoms with Crippen LogP contribution in [0, 0.1) is 6.92 Å². The number of nitrogen functional groups attached to an aromatic ring is 2. The van der Waals surface area contributed by atoms with Crippen LogP contribution in [0.5, 0.6) is 0 Å². The van der Waals surface area contributed by atoms with Crippen molar-refractivity contribution in [3.63, 3.8) is 0 Å². The lowest BCUT2D eigenvalue weighted by molar-refractivity contribution is 0.109. The minimum absolute atomic E-state index is 0.321. The van der Waals surface area contributed by atoms with Crippen molar-refractivity contribution in [2.45, 2.75) is 20.8 Å². The van der Waals surface area contributed by atoms with Crippen LogP contribution >= 0.6 is 0 Å². The first kappa shape index (κ1) is 17.4. The second-order valence-electron chi connectivity index (χ2n) is 3.53. The predicted octanol–water partition coefficient (Wildman–Crippen LogP) is 0.624. The molecule has 1 saturated heterocycles. The molecule has 0 bridgehead atoms. The van der Waals surface area contributed by atoms with E-state index in [0.29, 0.717) is 23.1 Å². The molecule has 1 aromatic heterocycles. The summed E-state index contributed by atoms with van der Waals surface area (Å²) >= 11 is 0. The summed E-state index contributed by atoms with van der Waals surface area (Å²) in [5.41, 5.74) is 11.4. The van der Waals surface area contributed by atoms with Crippen molar-refractivity contribution in [1.82, 2.24) is 15.3 Å². The molecule has 1 aliphatic heterocycles. The number of rotatable bonds is 1. The lowest BCUT2D eigenvalue weighted by atomic mass is 10.4. The predicted molar refractivity (Wildman–Crippen MR) is 80.2 cm³/mol. The van der Waals surface area contributed by atoms with Gasteiger partial charge in [0.05, 0.1) is 13.2 Å². The molecule has 1 aromatic rings. The molecule has 0 aromatic carbocycles. The minimum atomic E-state index is 0.321. The molecule has 6 N–H and O–H groups in total. The van der Waals surface area contributed by atoms with Crippen LogP contribution in [0.1, 0.15) is 19.7 Å². The monoisotopic (exact) mass is 270 g/mol. The first-order valence-electron chi connectivity index (χ1n) is 6.51. The maximum atomic E-state index is 5.55. The summed E-state index contributed by atoms with van der Waals surface area (Å²) in [6.07, 6.45) is 0. The second-order valence-corrected chi connectivity index (χ2v) is 3.53. The molecule has 7 heteroatoms. The first-order chi connectivity index (χ1) is 9.15. The Kier molecular flexibility index (Phi) is 9.46. The normalized spacial score (nSPS) is 13.5. The summed E-state index contributed by atoms with van der Waals surface area (Å²) in [5.74, 6) is 1.51. The van der Waals surface area contributed by atoms with Crippen molar-refractivity contribution in [2.75, 3.05) is 50.1 Å². The van der Waals surface area contributed by atoms with E-state index >= 15 is 0 Å². The SMILES string of the molecule is C1COCCN1.CC.CNc1nc(C)nc(N)c1N. The molecule has 0 amide bonds. The Morgan fingerprint density at radius 2 is 1.74 bits per heavy atom. The van der Waals surface area contributed by atoms with Gasteiger partial charge in [-0.2, -0.15) is 0 Å². The van der Waals surface area contributed by atoms with Gasteiger partial charge in [-0.25, -0.2) is 9.97 Å². The maximum Gasteiger partial charge on any atom is 0.154 e. The molecule has 1 aliphatic rings. The van der Waals surface area contributed by atoms with E-state index in [1.54, 1.807) is 14.0 Å². The zero-order chi connectivity index (χ0) is 14.7. The summed E-state index contributed by atoms with van der Waals surface area (Å²) in [4.78, 5) is 7.91. The largest absolute Gasteiger partial charge is 0.393 e. The Hall–Kier alpha value is -1.60. The number of nitrogens with one attached hydrogen (secondary N) is 2. The molecule has 7 nitrogen and oxygen atoms in total.